The van der Waals surface area contributed by atoms with Crippen LogP contribution in [0.4, 0.5) is 11.4 Å². The highest BCUT2D eigenvalue weighted by Crippen LogP contribution is 2.39. The molecule has 0 fully saturated rings. The Morgan fingerprint density at radius 2 is 0.763 bits per heavy atom. The molecule has 186 valence electrons. The van der Waals surface area contributed by atoms with E-state index in [1.165, 1.54) is 0 Å². The first-order chi connectivity index (χ1) is 18.5. The molecular weight excluding hydrogens is 468 g/mol. The summed E-state index contributed by atoms with van der Waals surface area (Å²) < 4.78 is 0. The van der Waals surface area contributed by atoms with E-state index in [2.05, 4.69) is 54.0 Å². The zero-order valence-electron chi connectivity index (χ0n) is 21.1. The second-order valence-electron chi connectivity index (χ2n) is 9.29. The number of hydrogen-bond donors (Lipinski definition) is 2. The summed E-state index contributed by atoms with van der Waals surface area (Å²) in [6.45, 7) is 2.19. The van der Waals surface area contributed by atoms with Crippen LogP contribution in [0, 0.1) is 0 Å². The number of hydrogen-bond acceptors (Lipinski definition) is 2. The number of benzene rings is 5. The fourth-order valence-corrected chi connectivity index (χ4v) is 4.63. The average Bonchev–Trinajstić information content (AvgIpc) is 2.99. The number of amides is 2. The fraction of sp³-hybridized carbons (Fsp3) is 0.0588. The Morgan fingerprint density at radius 3 is 1.13 bits per heavy atom. The van der Waals surface area contributed by atoms with Gasteiger partial charge in [-0.25, -0.2) is 0 Å². The van der Waals surface area contributed by atoms with Crippen LogP contribution in [0.2, 0.25) is 0 Å². The molecule has 0 saturated carbocycles. The number of nitrogens with one attached hydrogen (secondary N) is 2. The molecule has 5 aromatic rings. The fourth-order valence-electron chi connectivity index (χ4n) is 4.63. The summed E-state index contributed by atoms with van der Waals surface area (Å²) in [5, 5.41) is 5.95. The van der Waals surface area contributed by atoms with Crippen LogP contribution in [0.1, 0.15) is 44.3 Å². The molecule has 2 N–H and O–H groups in total. The maximum Gasteiger partial charge on any atom is 0.255 e. The summed E-state index contributed by atoms with van der Waals surface area (Å²) in [6.07, 6.45) is 0. The molecule has 0 saturated heterocycles. The van der Waals surface area contributed by atoms with E-state index >= 15 is 0 Å². The van der Waals surface area contributed by atoms with Gasteiger partial charge in [-0.1, -0.05) is 91.0 Å². The lowest BCUT2D eigenvalue weighted by atomic mass is 9.71. The predicted molar refractivity (Wildman–Crippen MR) is 154 cm³/mol. The molecule has 2 amide bonds. The van der Waals surface area contributed by atoms with Crippen LogP contribution in [0.15, 0.2) is 140 Å². The van der Waals surface area contributed by atoms with Crippen molar-refractivity contribution < 1.29 is 9.59 Å². The zero-order valence-corrected chi connectivity index (χ0v) is 21.1. The molecule has 0 radical (unpaired) electrons. The van der Waals surface area contributed by atoms with Gasteiger partial charge in [-0.3, -0.25) is 9.59 Å². The van der Waals surface area contributed by atoms with Gasteiger partial charge in [-0.05, 0) is 72.1 Å². The van der Waals surface area contributed by atoms with Crippen LogP contribution in [-0.4, -0.2) is 11.8 Å². The first kappa shape index (κ1) is 24.7. The lowest BCUT2D eigenvalue weighted by Crippen LogP contribution is -2.25. The molecule has 0 spiro atoms. The molecule has 0 aliphatic heterocycles. The summed E-state index contributed by atoms with van der Waals surface area (Å²) in [7, 11) is 0. The Balaban J connectivity index is 1.42. The quantitative estimate of drug-likeness (QED) is 0.229. The van der Waals surface area contributed by atoms with Crippen molar-refractivity contribution in [2.24, 2.45) is 0 Å². The van der Waals surface area contributed by atoms with Crippen LogP contribution in [0.3, 0.4) is 0 Å². The third-order valence-electron chi connectivity index (χ3n) is 6.86. The molecule has 5 aromatic carbocycles. The van der Waals surface area contributed by atoms with E-state index in [1.807, 2.05) is 78.9 Å². The van der Waals surface area contributed by atoms with Gasteiger partial charge in [0.1, 0.15) is 0 Å². The Kier molecular flexibility index (Phi) is 7.14. The van der Waals surface area contributed by atoms with E-state index in [0.29, 0.717) is 11.1 Å². The molecular formula is C34H28N2O2. The number of carbonyl (C=O) groups is 2. The summed E-state index contributed by atoms with van der Waals surface area (Å²) in [6, 6.07) is 44.6. The van der Waals surface area contributed by atoms with E-state index in [9.17, 15) is 9.59 Å². The van der Waals surface area contributed by atoms with Gasteiger partial charge in [0.15, 0.2) is 0 Å². The van der Waals surface area contributed by atoms with Crippen LogP contribution in [0.5, 0.6) is 0 Å². The molecule has 0 atom stereocenters. The van der Waals surface area contributed by atoms with Gasteiger partial charge >= 0.3 is 0 Å². The largest absolute Gasteiger partial charge is 0.322 e. The van der Waals surface area contributed by atoms with Crippen molar-refractivity contribution in [3.63, 3.8) is 0 Å². The maximum atomic E-state index is 12.6. The van der Waals surface area contributed by atoms with E-state index in [4.69, 9.17) is 0 Å². The van der Waals surface area contributed by atoms with Gasteiger partial charge in [0, 0.05) is 27.9 Å². The number of anilines is 2. The first-order valence-corrected chi connectivity index (χ1v) is 12.5. The summed E-state index contributed by atoms with van der Waals surface area (Å²) >= 11 is 0. The highest BCUT2D eigenvalue weighted by molar-refractivity contribution is 6.04. The van der Waals surface area contributed by atoms with Crippen LogP contribution in [-0.2, 0) is 5.41 Å². The molecule has 0 heterocycles. The monoisotopic (exact) mass is 496 g/mol. The van der Waals surface area contributed by atoms with Gasteiger partial charge in [-0.2, -0.15) is 0 Å². The van der Waals surface area contributed by atoms with Crippen LogP contribution >= 0.6 is 0 Å². The predicted octanol–water partition coefficient (Wildman–Crippen LogP) is 7.55. The smallest absolute Gasteiger partial charge is 0.255 e. The minimum Gasteiger partial charge on any atom is -0.322 e. The Labute approximate surface area is 223 Å². The minimum absolute atomic E-state index is 0.141. The zero-order chi connectivity index (χ0) is 26.4. The van der Waals surface area contributed by atoms with Crippen molar-refractivity contribution in [2.75, 3.05) is 10.6 Å². The van der Waals surface area contributed by atoms with E-state index in [-0.39, 0.29) is 11.8 Å². The van der Waals surface area contributed by atoms with Crippen LogP contribution in [0.25, 0.3) is 0 Å². The van der Waals surface area contributed by atoms with Crippen LogP contribution < -0.4 is 10.6 Å². The summed E-state index contributed by atoms with van der Waals surface area (Å²) in [5.41, 5.74) is 5.56. The topological polar surface area (TPSA) is 58.2 Å². The molecule has 5 rings (SSSR count). The van der Waals surface area contributed by atoms with Crippen molar-refractivity contribution in [2.45, 2.75) is 12.3 Å². The Morgan fingerprint density at radius 1 is 0.447 bits per heavy atom. The highest BCUT2D eigenvalue weighted by Gasteiger charge is 2.31. The van der Waals surface area contributed by atoms with E-state index in [1.54, 1.807) is 24.3 Å². The number of rotatable bonds is 7. The summed E-state index contributed by atoms with van der Waals surface area (Å²) in [4.78, 5) is 25.2. The van der Waals surface area contributed by atoms with Crippen molar-refractivity contribution in [1.82, 2.24) is 0 Å². The summed E-state index contributed by atoms with van der Waals surface area (Å²) in [5.74, 6) is -0.283. The normalized spacial score (nSPS) is 11.0. The average molecular weight is 497 g/mol. The second-order valence-corrected chi connectivity index (χ2v) is 9.29. The maximum absolute atomic E-state index is 12.6. The SMILES string of the molecule is CC(c1ccccc1)(c1ccc(NC(=O)c2ccccc2)cc1)c1ccc(NC(=O)c2ccccc2)cc1. The minimum atomic E-state index is -0.453. The molecule has 4 heteroatoms. The molecule has 0 aromatic heterocycles. The lowest BCUT2D eigenvalue weighted by molar-refractivity contribution is 0.101. The van der Waals surface area contributed by atoms with E-state index < -0.39 is 5.41 Å². The Bertz CT molecular complexity index is 1420. The van der Waals surface area contributed by atoms with Crippen molar-refractivity contribution in [3.8, 4) is 0 Å². The van der Waals surface area contributed by atoms with Gasteiger partial charge < -0.3 is 10.6 Å². The Hall–Kier alpha value is -4.96. The molecule has 4 nitrogen and oxygen atoms in total. The van der Waals surface area contributed by atoms with Gasteiger partial charge in [-0.15, -0.1) is 0 Å². The third kappa shape index (κ3) is 5.25. The van der Waals surface area contributed by atoms with Crippen molar-refractivity contribution in [3.05, 3.63) is 167 Å². The van der Waals surface area contributed by atoms with Crippen molar-refractivity contribution in [1.29, 1.82) is 0 Å². The molecule has 0 aliphatic rings. The van der Waals surface area contributed by atoms with Crippen molar-refractivity contribution >= 4 is 23.2 Å². The molecule has 0 aliphatic carbocycles. The standard InChI is InChI=1S/C34H28N2O2/c1-34(27-15-9-4-10-16-27,28-17-21-30(22-18-28)35-32(37)25-11-5-2-6-12-25)29-19-23-31(24-20-29)36-33(38)26-13-7-3-8-14-26/h2-24H,1H3,(H,35,37)(H,36,38). The molecule has 0 unspecified atom stereocenters. The molecule has 38 heavy (non-hydrogen) atoms. The second kappa shape index (κ2) is 11.0. The molecule has 0 bridgehead atoms. The van der Waals surface area contributed by atoms with E-state index in [0.717, 1.165) is 28.1 Å². The first-order valence-electron chi connectivity index (χ1n) is 12.5. The third-order valence-corrected chi connectivity index (χ3v) is 6.86. The van der Waals surface area contributed by atoms with Gasteiger partial charge in [0.05, 0.1) is 0 Å². The van der Waals surface area contributed by atoms with Gasteiger partial charge in [0.25, 0.3) is 11.8 Å². The number of carbonyl (C=O) groups excluding carboxylic acids is 2. The lowest BCUT2D eigenvalue weighted by Gasteiger charge is -2.32. The highest BCUT2D eigenvalue weighted by atomic mass is 16.2. The van der Waals surface area contributed by atoms with Gasteiger partial charge in [0.2, 0.25) is 0 Å².